The quantitative estimate of drug-likeness (QED) is 0.753. The molecule has 0 saturated carbocycles. The smallest absolute Gasteiger partial charge is 0.226 e. The Labute approximate surface area is 126 Å². The first kappa shape index (κ1) is 13.8. The number of hydrogen-bond acceptors (Lipinski definition) is 7. The number of fused-ring (bicyclic) bond motifs is 1. The molecule has 21 heavy (non-hydrogen) atoms. The maximum absolute atomic E-state index is 5.21. The minimum absolute atomic E-state index is 0.549. The van der Waals surface area contributed by atoms with Gasteiger partial charge in [-0.05, 0) is 26.8 Å². The fourth-order valence-electron chi connectivity index (χ4n) is 2.08. The average molecular weight is 303 g/mol. The fraction of sp³-hybridized carbons (Fsp3) is 0.357. The van der Waals surface area contributed by atoms with Gasteiger partial charge in [-0.2, -0.15) is 4.98 Å². The third kappa shape index (κ3) is 2.97. The normalized spacial score (nSPS) is 11.0. The van der Waals surface area contributed by atoms with Crippen LogP contribution in [0.2, 0.25) is 0 Å². The third-order valence-corrected chi connectivity index (χ3v) is 3.90. The number of aryl methyl sites for hydroxylation is 2. The van der Waals surface area contributed by atoms with Crippen LogP contribution in [0.5, 0.6) is 0 Å². The SMILES string of the molecule is CCNc1nc(NCc2cc(C)no2)c2cc(C)sc2n1. The van der Waals surface area contributed by atoms with Crippen molar-refractivity contribution in [2.24, 2.45) is 0 Å². The fourth-order valence-corrected chi connectivity index (χ4v) is 2.96. The van der Waals surface area contributed by atoms with E-state index >= 15 is 0 Å². The van der Waals surface area contributed by atoms with Gasteiger partial charge in [0.1, 0.15) is 10.6 Å². The molecule has 7 heteroatoms. The molecule has 0 atom stereocenters. The summed E-state index contributed by atoms with van der Waals surface area (Å²) in [7, 11) is 0. The van der Waals surface area contributed by atoms with Crippen LogP contribution in [0.4, 0.5) is 11.8 Å². The van der Waals surface area contributed by atoms with E-state index in [4.69, 9.17) is 4.52 Å². The molecule has 110 valence electrons. The molecule has 0 bridgehead atoms. The number of aromatic nitrogens is 3. The van der Waals surface area contributed by atoms with E-state index in [2.05, 4.69) is 38.7 Å². The second-order valence-electron chi connectivity index (χ2n) is 4.79. The van der Waals surface area contributed by atoms with E-state index in [1.165, 1.54) is 4.88 Å². The first-order valence-electron chi connectivity index (χ1n) is 6.84. The summed E-state index contributed by atoms with van der Waals surface area (Å²) in [5.41, 5.74) is 0.874. The molecule has 3 aromatic heterocycles. The number of thiophene rings is 1. The Bertz CT molecular complexity index is 764. The minimum Gasteiger partial charge on any atom is -0.362 e. The Kier molecular flexibility index (Phi) is 3.74. The van der Waals surface area contributed by atoms with Crippen molar-refractivity contribution >= 4 is 33.3 Å². The topological polar surface area (TPSA) is 75.9 Å². The van der Waals surface area contributed by atoms with Crippen LogP contribution in [-0.2, 0) is 6.54 Å². The molecular formula is C14H17N5OS. The van der Waals surface area contributed by atoms with Crippen molar-refractivity contribution in [1.29, 1.82) is 0 Å². The van der Waals surface area contributed by atoms with Gasteiger partial charge in [0.25, 0.3) is 0 Å². The summed E-state index contributed by atoms with van der Waals surface area (Å²) >= 11 is 1.67. The van der Waals surface area contributed by atoms with E-state index in [1.54, 1.807) is 11.3 Å². The standard InChI is InChI=1S/C14H17N5OS/c1-4-15-14-17-12(11-6-9(3)21-13(11)18-14)16-7-10-5-8(2)19-20-10/h5-6H,4,7H2,1-3H3,(H2,15,16,17,18). The molecule has 3 aromatic rings. The summed E-state index contributed by atoms with van der Waals surface area (Å²) in [6, 6.07) is 4.01. The van der Waals surface area contributed by atoms with E-state index in [0.29, 0.717) is 12.5 Å². The van der Waals surface area contributed by atoms with Crippen molar-refractivity contribution in [2.75, 3.05) is 17.2 Å². The van der Waals surface area contributed by atoms with Gasteiger partial charge in [-0.1, -0.05) is 5.16 Å². The van der Waals surface area contributed by atoms with Gasteiger partial charge in [0.15, 0.2) is 5.76 Å². The summed E-state index contributed by atoms with van der Waals surface area (Å²) in [5.74, 6) is 2.24. The predicted octanol–water partition coefficient (Wildman–Crippen LogP) is 3.34. The largest absolute Gasteiger partial charge is 0.362 e. The molecule has 2 N–H and O–H groups in total. The molecule has 0 aliphatic heterocycles. The lowest BCUT2D eigenvalue weighted by Gasteiger charge is -2.07. The molecule has 0 aliphatic rings. The third-order valence-electron chi connectivity index (χ3n) is 2.96. The monoisotopic (exact) mass is 303 g/mol. The van der Waals surface area contributed by atoms with Gasteiger partial charge in [-0.15, -0.1) is 11.3 Å². The zero-order valence-electron chi connectivity index (χ0n) is 12.2. The second-order valence-corrected chi connectivity index (χ2v) is 6.02. The van der Waals surface area contributed by atoms with Gasteiger partial charge in [0, 0.05) is 17.5 Å². The molecule has 0 fully saturated rings. The molecule has 0 amide bonds. The number of rotatable bonds is 5. The Morgan fingerprint density at radius 2 is 2.05 bits per heavy atom. The van der Waals surface area contributed by atoms with Gasteiger partial charge in [0.2, 0.25) is 5.95 Å². The molecule has 3 heterocycles. The molecule has 0 unspecified atom stereocenters. The maximum Gasteiger partial charge on any atom is 0.226 e. The lowest BCUT2D eigenvalue weighted by Crippen LogP contribution is -2.06. The summed E-state index contributed by atoms with van der Waals surface area (Å²) < 4.78 is 5.21. The minimum atomic E-state index is 0.549. The van der Waals surface area contributed by atoms with Crippen LogP contribution < -0.4 is 10.6 Å². The lowest BCUT2D eigenvalue weighted by atomic mass is 10.3. The van der Waals surface area contributed by atoms with Crippen LogP contribution in [0.1, 0.15) is 23.3 Å². The van der Waals surface area contributed by atoms with Crippen LogP contribution in [0.15, 0.2) is 16.7 Å². The van der Waals surface area contributed by atoms with E-state index < -0.39 is 0 Å². The zero-order chi connectivity index (χ0) is 14.8. The van der Waals surface area contributed by atoms with Crippen molar-refractivity contribution in [3.05, 3.63) is 28.5 Å². The highest BCUT2D eigenvalue weighted by Gasteiger charge is 2.11. The highest BCUT2D eigenvalue weighted by Crippen LogP contribution is 2.29. The summed E-state index contributed by atoms with van der Waals surface area (Å²) in [4.78, 5) is 11.3. The number of nitrogens with one attached hydrogen (secondary N) is 2. The summed E-state index contributed by atoms with van der Waals surface area (Å²) in [6.07, 6.45) is 0. The molecule has 0 spiro atoms. The highest BCUT2D eigenvalue weighted by atomic mass is 32.1. The van der Waals surface area contributed by atoms with Gasteiger partial charge in [-0.3, -0.25) is 0 Å². The number of anilines is 2. The predicted molar refractivity (Wildman–Crippen MR) is 84.9 cm³/mol. The highest BCUT2D eigenvalue weighted by molar-refractivity contribution is 7.18. The molecule has 3 rings (SSSR count). The van der Waals surface area contributed by atoms with E-state index in [1.807, 2.05) is 19.9 Å². The Balaban J connectivity index is 1.91. The van der Waals surface area contributed by atoms with Crippen molar-refractivity contribution in [3.63, 3.8) is 0 Å². The molecule has 0 aliphatic carbocycles. The Morgan fingerprint density at radius 3 is 2.76 bits per heavy atom. The van der Waals surface area contributed by atoms with E-state index in [-0.39, 0.29) is 0 Å². The molecule has 0 aromatic carbocycles. The number of hydrogen-bond donors (Lipinski definition) is 2. The average Bonchev–Trinajstić information content (AvgIpc) is 3.01. The van der Waals surface area contributed by atoms with Crippen LogP contribution in [-0.4, -0.2) is 21.7 Å². The van der Waals surface area contributed by atoms with Gasteiger partial charge >= 0.3 is 0 Å². The number of nitrogens with zero attached hydrogens (tertiary/aromatic N) is 3. The molecule has 6 nitrogen and oxygen atoms in total. The zero-order valence-corrected chi connectivity index (χ0v) is 13.0. The van der Waals surface area contributed by atoms with E-state index in [9.17, 15) is 0 Å². The van der Waals surface area contributed by atoms with Crippen molar-refractivity contribution in [3.8, 4) is 0 Å². The maximum atomic E-state index is 5.21. The molecule has 0 saturated heterocycles. The van der Waals surface area contributed by atoms with Crippen LogP contribution >= 0.6 is 11.3 Å². The lowest BCUT2D eigenvalue weighted by molar-refractivity contribution is 0.384. The Hall–Kier alpha value is -2.15. The van der Waals surface area contributed by atoms with Crippen LogP contribution in [0.25, 0.3) is 10.2 Å². The second kappa shape index (κ2) is 5.69. The van der Waals surface area contributed by atoms with Gasteiger partial charge < -0.3 is 15.2 Å². The summed E-state index contributed by atoms with van der Waals surface area (Å²) in [6.45, 7) is 7.34. The van der Waals surface area contributed by atoms with E-state index in [0.717, 1.165) is 34.0 Å². The molecular weight excluding hydrogens is 286 g/mol. The first-order chi connectivity index (χ1) is 10.2. The van der Waals surface area contributed by atoms with Gasteiger partial charge in [-0.25, -0.2) is 4.98 Å². The van der Waals surface area contributed by atoms with Crippen LogP contribution in [0, 0.1) is 13.8 Å². The van der Waals surface area contributed by atoms with Crippen molar-refractivity contribution < 1.29 is 4.52 Å². The van der Waals surface area contributed by atoms with Crippen LogP contribution in [0.3, 0.4) is 0 Å². The van der Waals surface area contributed by atoms with Crippen molar-refractivity contribution in [2.45, 2.75) is 27.3 Å². The summed E-state index contributed by atoms with van der Waals surface area (Å²) in [5, 5.41) is 11.4. The van der Waals surface area contributed by atoms with Crippen molar-refractivity contribution in [1.82, 2.24) is 15.1 Å². The Morgan fingerprint density at radius 1 is 1.19 bits per heavy atom. The first-order valence-corrected chi connectivity index (χ1v) is 7.65. The molecule has 0 radical (unpaired) electrons. The van der Waals surface area contributed by atoms with Gasteiger partial charge in [0.05, 0.1) is 17.6 Å².